The maximum absolute atomic E-state index is 13.1. The van der Waals surface area contributed by atoms with E-state index >= 15 is 0 Å². The zero-order valence-electron chi connectivity index (χ0n) is 10.1. The molecule has 1 aromatic rings. The topological polar surface area (TPSA) is 60.8 Å². The Labute approximate surface area is 105 Å². The van der Waals surface area contributed by atoms with Gasteiger partial charge in [-0.05, 0) is 37.1 Å². The quantitative estimate of drug-likeness (QED) is 0.862. The van der Waals surface area contributed by atoms with Gasteiger partial charge in [-0.2, -0.15) is 0 Å². The monoisotopic (exact) mass is 253 g/mol. The highest BCUT2D eigenvalue weighted by Gasteiger charge is 2.36. The van der Waals surface area contributed by atoms with E-state index in [1.54, 1.807) is 4.90 Å². The number of aliphatic carboxylic acids is 1. The third kappa shape index (κ3) is 2.46. The molecule has 2 atom stereocenters. The van der Waals surface area contributed by atoms with Gasteiger partial charge in [0.25, 0.3) is 0 Å². The lowest BCUT2D eigenvalue weighted by molar-refractivity contribution is -0.143. The van der Waals surface area contributed by atoms with Gasteiger partial charge in [0.05, 0.1) is 0 Å². The smallest absolute Gasteiger partial charge is 0.321 e. The molecule has 5 heteroatoms. The minimum absolute atomic E-state index is 0.0000850. The van der Waals surface area contributed by atoms with Crippen LogP contribution in [0.2, 0.25) is 0 Å². The van der Waals surface area contributed by atoms with Crippen molar-refractivity contribution in [1.82, 2.24) is 4.90 Å². The van der Waals surface area contributed by atoms with Crippen LogP contribution < -0.4 is 0 Å². The third-order valence-electron chi connectivity index (χ3n) is 3.47. The van der Waals surface area contributed by atoms with E-state index in [-0.39, 0.29) is 18.2 Å². The van der Waals surface area contributed by atoms with Crippen LogP contribution in [0.1, 0.15) is 18.9 Å². The van der Waals surface area contributed by atoms with Gasteiger partial charge in [0, 0.05) is 12.1 Å². The molecule has 0 saturated carbocycles. The van der Waals surface area contributed by atoms with Crippen molar-refractivity contribution in [1.29, 1.82) is 0 Å². The Morgan fingerprint density at radius 1 is 1.56 bits per heavy atom. The van der Waals surface area contributed by atoms with Gasteiger partial charge < -0.3 is 10.2 Å². The summed E-state index contributed by atoms with van der Waals surface area (Å²) in [5.41, 5.74) is 0.426. The van der Waals surface area contributed by atoms with Crippen molar-refractivity contribution in [2.45, 2.75) is 25.9 Å². The Hall–Kier alpha value is -1.62. The van der Waals surface area contributed by atoms with Crippen LogP contribution in [0.25, 0.3) is 0 Å². The van der Waals surface area contributed by atoms with Crippen LogP contribution in [-0.2, 0) is 11.3 Å². The lowest BCUT2D eigenvalue weighted by Gasteiger charge is -2.23. The number of nitrogens with zero attached hydrogens (tertiary/aromatic N) is 1. The summed E-state index contributed by atoms with van der Waals surface area (Å²) < 4.78 is 13.1. The first-order valence-corrected chi connectivity index (χ1v) is 5.93. The van der Waals surface area contributed by atoms with Gasteiger partial charge >= 0.3 is 5.97 Å². The minimum Gasteiger partial charge on any atom is -0.508 e. The summed E-state index contributed by atoms with van der Waals surface area (Å²) in [6, 6.07) is 3.16. The molecule has 0 bridgehead atoms. The summed E-state index contributed by atoms with van der Waals surface area (Å²) in [7, 11) is 0. The van der Waals surface area contributed by atoms with Gasteiger partial charge in [0.2, 0.25) is 0 Å². The summed E-state index contributed by atoms with van der Waals surface area (Å²) in [5, 5.41) is 18.8. The molecule has 0 aromatic heterocycles. The lowest BCUT2D eigenvalue weighted by atomic mass is 10.0. The highest BCUT2D eigenvalue weighted by Crippen LogP contribution is 2.28. The fourth-order valence-corrected chi connectivity index (χ4v) is 2.50. The number of carboxylic acids is 1. The fourth-order valence-electron chi connectivity index (χ4n) is 2.50. The van der Waals surface area contributed by atoms with Gasteiger partial charge in [-0.15, -0.1) is 0 Å². The van der Waals surface area contributed by atoms with E-state index in [1.807, 2.05) is 6.92 Å². The Morgan fingerprint density at radius 3 is 2.94 bits per heavy atom. The SMILES string of the molecule is CC1CCN(Cc2cc(F)ccc2O)C1C(=O)O. The highest BCUT2D eigenvalue weighted by atomic mass is 19.1. The third-order valence-corrected chi connectivity index (χ3v) is 3.47. The second-order valence-corrected chi connectivity index (χ2v) is 4.79. The van der Waals surface area contributed by atoms with Crippen LogP contribution in [0.15, 0.2) is 18.2 Å². The van der Waals surface area contributed by atoms with Crippen molar-refractivity contribution in [2.24, 2.45) is 5.92 Å². The van der Waals surface area contributed by atoms with Crippen LogP contribution in [0, 0.1) is 11.7 Å². The standard InChI is InChI=1S/C13H16FNO3/c1-8-4-5-15(12(8)13(17)18)7-9-6-10(14)2-3-11(9)16/h2-3,6,8,12,16H,4-5,7H2,1H3,(H,17,18). The van der Waals surface area contributed by atoms with E-state index in [1.165, 1.54) is 18.2 Å². The van der Waals surface area contributed by atoms with Crippen molar-refractivity contribution in [3.8, 4) is 5.75 Å². The molecule has 0 aliphatic carbocycles. The van der Waals surface area contributed by atoms with E-state index in [2.05, 4.69) is 0 Å². The molecule has 4 nitrogen and oxygen atoms in total. The predicted molar refractivity (Wildman–Crippen MR) is 63.7 cm³/mol. The molecular formula is C13H16FNO3. The van der Waals surface area contributed by atoms with Crippen molar-refractivity contribution in [3.05, 3.63) is 29.6 Å². The molecule has 2 N–H and O–H groups in total. The Bertz CT molecular complexity index is 464. The van der Waals surface area contributed by atoms with Gasteiger partial charge in [0.15, 0.2) is 0 Å². The van der Waals surface area contributed by atoms with Gasteiger partial charge in [0.1, 0.15) is 17.6 Å². The van der Waals surface area contributed by atoms with Gasteiger partial charge in [-0.1, -0.05) is 6.92 Å². The van der Waals surface area contributed by atoms with Crippen LogP contribution in [0.5, 0.6) is 5.75 Å². The van der Waals surface area contributed by atoms with E-state index in [0.717, 1.165) is 6.42 Å². The second kappa shape index (κ2) is 4.94. The first kappa shape index (κ1) is 12.8. The largest absolute Gasteiger partial charge is 0.508 e. The maximum atomic E-state index is 13.1. The van der Waals surface area contributed by atoms with Crippen LogP contribution in [-0.4, -0.2) is 33.7 Å². The molecule has 1 aromatic carbocycles. The molecule has 1 fully saturated rings. The molecule has 0 amide bonds. The fraction of sp³-hybridized carbons (Fsp3) is 0.462. The number of likely N-dealkylation sites (tertiary alicyclic amines) is 1. The van der Waals surface area contributed by atoms with Crippen LogP contribution in [0.4, 0.5) is 4.39 Å². The van der Waals surface area contributed by atoms with E-state index in [9.17, 15) is 19.4 Å². The maximum Gasteiger partial charge on any atom is 0.321 e. The van der Waals surface area contributed by atoms with Crippen molar-refractivity contribution in [2.75, 3.05) is 6.54 Å². The zero-order valence-corrected chi connectivity index (χ0v) is 10.1. The van der Waals surface area contributed by atoms with Crippen molar-refractivity contribution in [3.63, 3.8) is 0 Å². The summed E-state index contributed by atoms with van der Waals surface area (Å²) in [4.78, 5) is 13.0. The normalized spacial score (nSPS) is 24.3. The number of hydrogen-bond donors (Lipinski definition) is 2. The molecular weight excluding hydrogens is 237 g/mol. The number of carbonyl (C=O) groups is 1. The molecule has 18 heavy (non-hydrogen) atoms. The highest BCUT2D eigenvalue weighted by molar-refractivity contribution is 5.74. The Morgan fingerprint density at radius 2 is 2.28 bits per heavy atom. The molecule has 98 valence electrons. The molecule has 1 aliphatic heterocycles. The molecule has 0 radical (unpaired) electrons. The zero-order chi connectivity index (χ0) is 13.3. The number of phenolic OH excluding ortho intramolecular Hbond substituents is 1. The van der Waals surface area contributed by atoms with Crippen LogP contribution in [0.3, 0.4) is 0 Å². The predicted octanol–water partition coefficient (Wildman–Crippen LogP) is 1.83. The summed E-state index contributed by atoms with van der Waals surface area (Å²) >= 11 is 0. The first-order chi connectivity index (χ1) is 8.49. The molecule has 1 aliphatic rings. The van der Waals surface area contributed by atoms with Crippen molar-refractivity contribution < 1.29 is 19.4 Å². The second-order valence-electron chi connectivity index (χ2n) is 4.79. The Kier molecular flexibility index (Phi) is 3.52. The van der Waals surface area contributed by atoms with Crippen LogP contribution >= 0.6 is 0 Å². The molecule has 0 spiro atoms. The number of phenols is 1. The number of halogens is 1. The number of carboxylic acid groups (broad SMARTS) is 1. The molecule has 2 unspecified atom stereocenters. The van der Waals surface area contributed by atoms with E-state index in [4.69, 9.17) is 0 Å². The summed E-state index contributed by atoms with van der Waals surface area (Å²) in [5.74, 6) is -1.23. The Balaban J connectivity index is 2.18. The number of rotatable bonds is 3. The minimum atomic E-state index is -0.865. The number of hydrogen-bond acceptors (Lipinski definition) is 3. The molecule has 1 heterocycles. The van der Waals surface area contributed by atoms with E-state index in [0.29, 0.717) is 12.1 Å². The van der Waals surface area contributed by atoms with Gasteiger partial charge in [-0.3, -0.25) is 9.69 Å². The summed E-state index contributed by atoms with van der Waals surface area (Å²) in [6.45, 7) is 2.79. The van der Waals surface area contributed by atoms with Gasteiger partial charge in [-0.25, -0.2) is 4.39 Å². The number of benzene rings is 1. The van der Waals surface area contributed by atoms with E-state index < -0.39 is 17.8 Å². The first-order valence-electron chi connectivity index (χ1n) is 5.93. The van der Waals surface area contributed by atoms with Crippen molar-refractivity contribution >= 4 is 5.97 Å². The summed E-state index contributed by atoms with van der Waals surface area (Å²) in [6.07, 6.45) is 0.799. The average molecular weight is 253 g/mol. The molecule has 2 rings (SSSR count). The average Bonchev–Trinajstić information content (AvgIpc) is 2.65. The molecule has 1 saturated heterocycles. The number of aromatic hydroxyl groups is 1. The lowest BCUT2D eigenvalue weighted by Crippen LogP contribution is -2.38.